The molecule has 0 radical (unpaired) electrons. The Labute approximate surface area is 138 Å². The summed E-state index contributed by atoms with van der Waals surface area (Å²) in [6.45, 7) is 0. The number of sulfonamides is 1. The van der Waals surface area contributed by atoms with Gasteiger partial charge in [0.2, 0.25) is 10.0 Å². The van der Waals surface area contributed by atoms with Gasteiger partial charge in [-0.05, 0) is 36.4 Å². The first-order chi connectivity index (χ1) is 11.4. The highest BCUT2D eigenvalue weighted by atomic mass is 32.2. The molecule has 122 valence electrons. The molecule has 1 aromatic heterocycles. The third kappa shape index (κ3) is 4.64. The molecular formula is C15H13N5O3S. The average Bonchev–Trinajstić information content (AvgIpc) is 2.56. The fourth-order valence-electron chi connectivity index (χ4n) is 1.68. The summed E-state index contributed by atoms with van der Waals surface area (Å²) in [7, 11) is -3.80. The molecule has 0 unspecified atom stereocenters. The molecule has 1 heterocycles. The van der Waals surface area contributed by atoms with Crippen molar-refractivity contribution in [2.24, 2.45) is 5.14 Å². The maximum atomic E-state index is 12.0. The van der Waals surface area contributed by atoms with Crippen LogP contribution in [0, 0.1) is 11.3 Å². The van der Waals surface area contributed by atoms with Crippen molar-refractivity contribution in [1.29, 1.82) is 5.26 Å². The number of nitrogens with two attached hydrogens (primary N) is 1. The largest absolute Gasteiger partial charge is 0.359 e. The number of hydrogen-bond acceptors (Lipinski definition) is 6. The zero-order valence-electron chi connectivity index (χ0n) is 12.3. The van der Waals surface area contributed by atoms with Gasteiger partial charge in [-0.3, -0.25) is 9.78 Å². The van der Waals surface area contributed by atoms with Crippen LogP contribution in [0.1, 0.15) is 0 Å². The number of amides is 1. The molecule has 0 saturated carbocycles. The summed E-state index contributed by atoms with van der Waals surface area (Å²) >= 11 is 0. The number of nitrogens with one attached hydrogen (secondary N) is 2. The molecule has 2 rings (SSSR count). The number of pyridine rings is 1. The Morgan fingerprint density at radius 1 is 1.21 bits per heavy atom. The van der Waals surface area contributed by atoms with Crippen LogP contribution in [0.25, 0.3) is 0 Å². The monoisotopic (exact) mass is 343 g/mol. The second-order valence-electron chi connectivity index (χ2n) is 4.58. The molecular weight excluding hydrogens is 330 g/mol. The topological polar surface area (TPSA) is 138 Å². The van der Waals surface area contributed by atoms with Crippen molar-refractivity contribution in [2.45, 2.75) is 4.90 Å². The van der Waals surface area contributed by atoms with Crippen molar-refractivity contribution in [1.82, 2.24) is 4.98 Å². The van der Waals surface area contributed by atoms with Crippen LogP contribution < -0.4 is 15.8 Å². The van der Waals surface area contributed by atoms with Gasteiger partial charge in [0.1, 0.15) is 11.6 Å². The minimum Gasteiger partial charge on any atom is -0.359 e. The molecule has 0 fully saturated rings. The molecule has 0 spiro atoms. The fraction of sp³-hybridized carbons (Fsp3) is 0. The first-order valence-corrected chi connectivity index (χ1v) is 8.16. The lowest BCUT2D eigenvalue weighted by Crippen LogP contribution is -2.15. The van der Waals surface area contributed by atoms with Gasteiger partial charge in [0, 0.05) is 18.1 Å². The molecule has 9 heteroatoms. The standard InChI is InChI=1S/C15H13N5O3S/c16-8-11(9-19-13-2-1-7-18-10-13)15(21)20-12-3-5-14(6-4-12)24(17,22)23/h1-7,9-10,19H,(H,20,21)(H2,17,22,23)/b11-9-. The normalized spacial score (nSPS) is 11.4. The lowest BCUT2D eigenvalue weighted by Gasteiger charge is -2.06. The van der Waals surface area contributed by atoms with E-state index in [0.29, 0.717) is 11.4 Å². The summed E-state index contributed by atoms with van der Waals surface area (Å²) in [6.07, 6.45) is 4.39. The van der Waals surface area contributed by atoms with Gasteiger partial charge in [-0.2, -0.15) is 5.26 Å². The van der Waals surface area contributed by atoms with Gasteiger partial charge in [0.05, 0.1) is 16.8 Å². The van der Waals surface area contributed by atoms with Crippen LogP contribution in [0.3, 0.4) is 0 Å². The number of carbonyl (C=O) groups excluding carboxylic acids is 1. The maximum Gasteiger partial charge on any atom is 0.267 e. The van der Waals surface area contributed by atoms with Gasteiger partial charge in [0.25, 0.3) is 5.91 Å². The predicted molar refractivity (Wildman–Crippen MR) is 88.0 cm³/mol. The van der Waals surface area contributed by atoms with E-state index < -0.39 is 15.9 Å². The third-order valence-corrected chi connectivity index (χ3v) is 3.78. The number of nitriles is 1. The van der Waals surface area contributed by atoms with E-state index in [0.717, 1.165) is 0 Å². The molecule has 0 atom stereocenters. The second-order valence-corrected chi connectivity index (χ2v) is 6.14. The van der Waals surface area contributed by atoms with Gasteiger partial charge in [-0.25, -0.2) is 13.6 Å². The van der Waals surface area contributed by atoms with Gasteiger partial charge < -0.3 is 10.6 Å². The number of aromatic nitrogens is 1. The quantitative estimate of drug-likeness (QED) is 0.550. The molecule has 8 nitrogen and oxygen atoms in total. The van der Waals surface area contributed by atoms with Crippen molar-refractivity contribution in [3.8, 4) is 6.07 Å². The number of nitrogens with zero attached hydrogens (tertiary/aromatic N) is 2. The summed E-state index contributed by atoms with van der Waals surface area (Å²) in [4.78, 5) is 15.9. The van der Waals surface area contributed by atoms with E-state index in [1.54, 1.807) is 24.4 Å². The van der Waals surface area contributed by atoms with E-state index in [-0.39, 0.29) is 10.5 Å². The molecule has 0 aliphatic rings. The molecule has 0 aliphatic heterocycles. The van der Waals surface area contributed by atoms with E-state index in [1.165, 1.54) is 36.7 Å². The number of primary sulfonamides is 1. The lowest BCUT2D eigenvalue weighted by atomic mass is 10.2. The molecule has 2 aromatic rings. The number of rotatable bonds is 5. The lowest BCUT2D eigenvalue weighted by molar-refractivity contribution is -0.112. The molecule has 0 saturated heterocycles. The first kappa shape index (κ1) is 17.1. The Hall–Kier alpha value is -3.22. The Balaban J connectivity index is 2.08. The molecule has 0 aliphatic carbocycles. The van der Waals surface area contributed by atoms with Gasteiger partial charge in [-0.15, -0.1) is 0 Å². The molecule has 4 N–H and O–H groups in total. The minimum absolute atomic E-state index is 0.0743. The van der Waals surface area contributed by atoms with E-state index in [4.69, 9.17) is 10.4 Å². The summed E-state index contributed by atoms with van der Waals surface area (Å²) < 4.78 is 22.3. The van der Waals surface area contributed by atoms with Crippen molar-refractivity contribution >= 4 is 27.3 Å². The molecule has 24 heavy (non-hydrogen) atoms. The van der Waals surface area contributed by atoms with Crippen molar-refractivity contribution in [2.75, 3.05) is 10.6 Å². The van der Waals surface area contributed by atoms with Crippen molar-refractivity contribution < 1.29 is 13.2 Å². The highest BCUT2D eigenvalue weighted by Gasteiger charge is 2.11. The summed E-state index contributed by atoms with van der Waals surface area (Å²) in [5.74, 6) is -0.641. The van der Waals surface area contributed by atoms with E-state index in [2.05, 4.69) is 15.6 Å². The average molecular weight is 343 g/mol. The van der Waals surface area contributed by atoms with Crippen LogP contribution in [-0.4, -0.2) is 19.3 Å². The van der Waals surface area contributed by atoms with E-state index in [9.17, 15) is 13.2 Å². The summed E-state index contributed by atoms with van der Waals surface area (Å²) in [5.41, 5.74) is 0.792. The van der Waals surface area contributed by atoms with E-state index in [1.807, 2.05) is 0 Å². The minimum atomic E-state index is -3.80. The fourth-order valence-corrected chi connectivity index (χ4v) is 2.19. The number of benzene rings is 1. The van der Waals surface area contributed by atoms with E-state index >= 15 is 0 Å². The Morgan fingerprint density at radius 3 is 2.46 bits per heavy atom. The van der Waals surface area contributed by atoms with Crippen LogP contribution in [0.5, 0.6) is 0 Å². The van der Waals surface area contributed by atoms with Crippen LogP contribution >= 0.6 is 0 Å². The zero-order valence-corrected chi connectivity index (χ0v) is 13.1. The zero-order chi connectivity index (χ0) is 17.6. The maximum absolute atomic E-state index is 12.0. The Kier molecular flexibility index (Phi) is 5.26. The number of anilines is 2. The van der Waals surface area contributed by atoms with Gasteiger partial charge in [-0.1, -0.05) is 0 Å². The predicted octanol–water partition coefficient (Wildman–Crippen LogP) is 1.19. The highest BCUT2D eigenvalue weighted by Crippen LogP contribution is 2.13. The number of carbonyl (C=O) groups is 1. The van der Waals surface area contributed by atoms with Crippen LogP contribution in [-0.2, 0) is 14.8 Å². The summed E-state index contributed by atoms with van der Waals surface area (Å²) in [5, 5.41) is 19.3. The smallest absolute Gasteiger partial charge is 0.267 e. The highest BCUT2D eigenvalue weighted by molar-refractivity contribution is 7.89. The Bertz CT molecular complexity index is 900. The summed E-state index contributed by atoms with van der Waals surface area (Å²) in [6, 6.07) is 10.5. The second kappa shape index (κ2) is 7.36. The van der Waals surface area contributed by atoms with Crippen LogP contribution in [0.2, 0.25) is 0 Å². The SMILES string of the molecule is N#C/C(=C/Nc1cccnc1)C(=O)Nc1ccc(S(N)(=O)=O)cc1. The third-order valence-electron chi connectivity index (χ3n) is 2.85. The first-order valence-electron chi connectivity index (χ1n) is 6.61. The molecule has 0 bridgehead atoms. The van der Waals surface area contributed by atoms with Crippen molar-refractivity contribution in [3.63, 3.8) is 0 Å². The van der Waals surface area contributed by atoms with Crippen LogP contribution in [0.15, 0.2) is 65.5 Å². The molecule has 1 amide bonds. The molecule has 1 aromatic carbocycles. The number of hydrogen-bond donors (Lipinski definition) is 3. The Morgan fingerprint density at radius 2 is 1.92 bits per heavy atom. The van der Waals surface area contributed by atoms with Crippen molar-refractivity contribution in [3.05, 3.63) is 60.6 Å². The van der Waals surface area contributed by atoms with Crippen LogP contribution in [0.4, 0.5) is 11.4 Å². The van der Waals surface area contributed by atoms with Gasteiger partial charge >= 0.3 is 0 Å². The van der Waals surface area contributed by atoms with Gasteiger partial charge in [0.15, 0.2) is 0 Å².